The van der Waals surface area contributed by atoms with Crippen LogP contribution in [0.3, 0.4) is 0 Å². The summed E-state index contributed by atoms with van der Waals surface area (Å²) in [6.45, 7) is 6.63. The van der Waals surface area contributed by atoms with Crippen LogP contribution in [-0.2, 0) is 4.74 Å². The molecule has 1 aliphatic heterocycles. The molecular weight excluding hydrogens is 235 g/mol. The van der Waals surface area contributed by atoms with Gasteiger partial charge in [0.1, 0.15) is 18.0 Å². The second-order valence-corrected chi connectivity index (χ2v) is 4.04. The Hall–Kier alpha value is -1.75. The van der Waals surface area contributed by atoms with Crippen LogP contribution in [0.2, 0.25) is 0 Å². The highest BCUT2D eigenvalue weighted by Gasteiger charge is 2.16. The van der Waals surface area contributed by atoms with Gasteiger partial charge in [0, 0.05) is 24.8 Å². The fraction of sp³-hybridized carbons (Fsp3) is 0.385. The van der Waals surface area contributed by atoms with Crippen molar-refractivity contribution in [1.82, 2.24) is 0 Å². The molecule has 4 nitrogen and oxygen atoms in total. The Morgan fingerprint density at radius 3 is 2.83 bits per heavy atom. The first-order valence-corrected chi connectivity index (χ1v) is 5.88. The molecule has 0 atom stereocenters. The molecular formula is C13H17FN2O2. The van der Waals surface area contributed by atoms with Gasteiger partial charge >= 0.3 is 0 Å². The smallest absolute Gasteiger partial charge is 0.151 e. The number of nitrogens with two attached hydrogens (primary N) is 1. The zero-order chi connectivity index (χ0) is 13.0. The lowest BCUT2D eigenvalue weighted by molar-refractivity contribution is 0.122. The standard InChI is InChI=1S/C13H17FN2O2/c1-2-5-18-12-9-10(8-11(14)13(12)15)16-3-6-17-7-4-16/h2,8-9H,1,3-7,15H2. The number of hydrogen-bond donors (Lipinski definition) is 1. The first-order valence-electron chi connectivity index (χ1n) is 5.88. The third-order valence-corrected chi connectivity index (χ3v) is 2.81. The molecule has 1 aromatic rings. The molecule has 0 spiro atoms. The van der Waals surface area contributed by atoms with Crippen LogP contribution in [0.25, 0.3) is 0 Å². The zero-order valence-electron chi connectivity index (χ0n) is 10.2. The fourth-order valence-corrected chi connectivity index (χ4v) is 1.85. The molecule has 1 aliphatic rings. The second kappa shape index (κ2) is 5.73. The molecule has 0 aliphatic carbocycles. The molecule has 5 heteroatoms. The van der Waals surface area contributed by atoms with Crippen molar-refractivity contribution in [2.45, 2.75) is 0 Å². The van der Waals surface area contributed by atoms with E-state index >= 15 is 0 Å². The van der Waals surface area contributed by atoms with E-state index in [1.165, 1.54) is 6.07 Å². The Morgan fingerprint density at radius 1 is 1.44 bits per heavy atom. The summed E-state index contributed by atoms with van der Waals surface area (Å²) in [6.07, 6.45) is 1.60. The minimum Gasteiger partial charge on any atom is -0.487 e. The highest BCUT2D eigenvalue weighted by atomic mass is 19.1. The molecule has 18 heavy (non-hydrogen) atoms. The molecule has 0 radical (unpaired) electrons. The van der Waals surface area contributed by atoms with Crippen molar-refractivity contribution in [2.75, 3.05) is 43.5 Å². The molecule has 0 unspecified atom stereocenters. The van der Waals surface area contributed by atoms with Gasteiger partial charge < -0.3 is 20.1 Å². The van der Waals surface area contributed by atoms with E-state index in [1.54, 1.807) is 12.1 Å². The number of rotatable bonds is 4. The average molecular weight is 252 g/mol. The lowest BCUT2D eigenvalue weighted by Crippen LogP contribution is -2.36. The van der Waals surface area contributed by atoms with Crippen molar-refractivity contribution in [3.05, 3.63) is 30.6 Å². The molecule has 0 amide bonds. The van der Waals surface area contributed by atoms with E-state index in [0.717, 1.165) is 18.8 Å². The monoisotopic (exact) mass is 252 g/mol. The van der Waals surface area contributed by atoms with Crippen molar-refractivity contribution < 1.29 is 13.9 Å². The molecule has 1 heterocycles. The van der Waals surface area contributed by atoms with Gasteiger partial charge in [-0.15, -0.1) is 0 Å². The summed E-state index contributed by atoms with van der Waals surface area (Å²) in [5.41, 5.74) is 6.45. The molecule has 2 N–H and O–H groups in total. The second-order valence-electron chi connectivity index (χ2n) is 4.04. The summed E-state index contributed by atoms with van der Waals surface area (Å²) in [5, 5.41) is 0. The van der Waals surface area contributed by atoms with Gasteiger partial charge in [0.25, 0.3) is 0 Å². The SMILES string of the molecule is C=CCOc1cc(N2CCOCC2)cc(F)c1N. The summed E-state index contributed by atoms with van der Waals surface area (Å²) < 4.78 is 24.4. The third-order valence-electron chi connectivity index (χ3n) is 2.81. The van der Waals surface area contributed by atoms with E-state index in [-0.39, 0.29) is 5.69 Å². The van der Waals surface area contributed by atoms with Gasteiger partial charge in [0.05, 0.1) is 13.2 Å². The van der Waals surface area contributed by atoms with Crippen molar-refractivity contribution in [3.8, 4) is 5.75 Å². The molecule has 0 bridgehead atoms. The fourth-order valence-electron chi connectivity index (χ4n) is 1.85. The number of hydrogen-bond acceptors (Lipinski definition) is 4. The number of morpholine rings is 1. The van der Waals surface area contributed by atoms with E-state index in [1.807, 2.05) is 4.90 Å². The summed E-state index contributed by atoms with van der Waals surface area (Å²) in [6, 6.07) is 3.19. The summed E-state index contributed by atoms with van der Waals surface area (Å²) in [5.74, 6) is -0.102. The largest absolute Gasteiger partial charge is 0.487 e. The third kappa shape index (κ3) is 2.73. The molecule has 1 saturated heterocycles. The maximum absolute atomic E-state index is 13.7. The Balaban J connectivity index is 2.24. The number of ether oxygens (including phenoxy) is 2. The minimum absolute atomic E-state index is 0.0360. The van der Waals surface area contributed by atoms with Crippen molar-refractivity contribution in [3.63, 3.8) is 0 Å². The number of nitrogens with zero attached hydrogens (tertiary/aromatic N) is 1. The zero-order valence-corrected chi connectivity index (χ0v) is 10.2. The summed E-state index contributed by atoms with van der Waals surface area (Å²) in [7, 11) is 0. The van der Waals surface area contributed by atoms with Crippen molar-refractivity contribution in [1.29, 1.82) is 0 Å². The molecule has 1 fully saturated rings. The Labute approximate surface area is 106 Å². The van der Waals surface area contributed by atoms with Gasteiger partial charge in [-0.25, -0.2) is 4.39 Å². The van der Waals surface area contributed by atoms with Gasteiger partial charge in [-0.2, -0.15) is 0 Å². The van der Waals surface area contributed by atoms with Crippen molar-refractivity contribution in [2.24, 2.45) is 0 Å². The van der Waals surface area contributed by atoms with E-state index in [9.17, 15) is 4.39 Å². The van der Waals surface area contributed by atoms with Gasteiger partial charge in [0.15, 0.2) is 5.82 Å². The number of benzene rings is 1. The molecule has 98 valence electrons. The quantitative estimate of drug-likeness (QED) is 0.656. The molecule has 2 rings (SSSR count). The van der Waals surface area contributed by atoms with Crippen LogP contribution in [0.15, 0.2) is 24.8 Å². The number of halogens is 1. The Bertz CT molecular complexity index is 431. The maximum atomic E-state index is 13.7. The van der Waals surface area contributed by atoms with E-state index in [4.69, 9.17) is 15.2 Å². The van der Waals surface area contributed by atoms with Crippen LogP contribution in [0.4, 0.5) is 15.8 Å². The topological polar surface area (TPSA) is 47.7 Å². The predicted molar refractivity (Wildman–Crippen MR) is 69.5 cm³/mol. The highest BCUT2D eigenvalue weighted by Crippen LogP contribution is 2.31. The van der Waals surface area contributed by atoms with Gasteiger partial charge in [0.2, 0.25) is 0 Å². The van der Waals surface area contributed by atoms with Crippen LogP contribution in [0.1, 0.15) is 0 Å². The average Bonchev–Trinajstić information content (AvgIpc) is 2.41. The summed E-state index contributed by atoms with van der Waals surface area (Å²) in [4.78, 5) is 2.05. The first kappa shape index (κ1) is 12.7. The van der Waals surface area contributed by atoms with Crippen LogP contribution >= 0.6 is 0 Å². The molecule has 0 saturated carbocycles. The first-order chi connectivity index (χ1) is 8.72. The van der Waals surface area contributed by atoms with Gasteiger partial charge in [-0.1, -0.05) is 12.7 Å². The van der Waals surface area contributed by atoms with Gasteiger partial charge in [-0.3, -0.25) is 0 Å². The number of anilines is 2. The van der Waals surface area contributed by atoms with E-state index < -0.39 is 5.82 Å². The Morgan fingerprint density at radius 2 is 2.17 bits per heavy atom. The predicted octanol–water partition coefficient (Wildman–Crippen LogP) is 1.81. The minimum atomic E-state index is -0.460. The molecule has 0 aromatic heterocycles. The van der Waals surface area contributed by atoms with E-state index in [0.29, 0.717) is 25.6 Å². The Kier molecular flexibility index (Phi) is 4.04. The lowest BCUT2D eigenvalue weighted by atomic mass is 10.2. The van der Waals surface area contributed by atoms with Crippen LogP contribution in [0.5, 0.6) is 5.75 Å². The summed E-state index contributed by atoms with van der Waals surface area (Å²) >= 11 is 0. The van der Waals surface area contributed by atoms with Crippen LogP contribution < -0.4 is 15.4 Å². The van der Waals surface area contributed by atoms with Crippen LogP contribution in [0, 0.1) is 5.82 Å². The van der Waals surface area contributed by atoms with E-state index in [2.05, 4.69) is 6.58 Å². The highest BCUT2D eigenvalue weighted by molar-refractivity contribution is 5.63. The lowest BCUT2D eigenvalue weighted by Gasteiger charge is -2.29. The maximum Gasteiger partial charge on any atom is 0.151 e. The van der Waals surface area contributed by atoms with Crippen molar-refractivity contribution >= 4 is 11.4 Å². The normalized spacial score (nSPS) is 15.5. The molecule has 1 aromatic carbocycles. The number of nitrogen functional groups attached to an aromatic ring is 1. The van der Waals surface area contributed by atoms with Gasteiger partial charge in [-0.05, 0) is 6.07 Å². The van der Waals surface area contributed by atoms with Crippen LogP contribution in [-0.4, -0.2) is 32.9 Å².